The van der Waals surface area contributed by atoms with Gasteiger partial charge in [-0.15, -0.1) is 0 Å². The molecule has 0 saturated carbocycles. The zero-order chi connectivity index (χ0) is 27.1. The summed E-state index contributed by atoms with van der Waals surface area (Å²) < 4.78 is 12.9. The lowest BCUT2D eigenvalue weighted by Gasteiger charge is -2.29. The van der Waals surface area contributed by atoms with Crippen LogP contribution in [0.4, 0.5) is 5.82 Å². The van der Waals surface area contributed by atoms with Crippen LogP contribution in [0.2, 0.25) is 0 Å². The summed E-state index contributed by atoms with van der Waals surface area (Å²) in [5.74, 6) is 1.59. The largest absolute Gasteiger partial charge is 0.497 e. The van der Waals surface area contributed by atoms with Gasteiger partial charge in [0.15, 0.2) is 5.82 Å². The van der Waals surface area contributed by atoms with Crippen LogP contribution in [0.3, 0.4) is 0 Å². The number of fused-ring (bicyclic) bond motifs is 3. The van der Waals surface area contributed by atoms with Crippen molar-refractivity contribution >= 4 is 23.9 Å². The number of aliphatic imine (C=N–C) groups is 2. The van der Waals surface area contributed by atoms with E-state index in [-0.39, 0.29) is 32.0 Å². The number of amides is 1. The highest BCUT2D eigenvalue weighted by Crippen LogP contribution is 2.48. The molecule has 4 atom stereocenters. The molecule has 4 heterocycles. The predicted octanol–water partition coefficient (Wildman–Crippen LogP) is 1.82. The van der Waals surface area contributed by atoms with Gasteiger partial charge in [0.2, 0.25) is 5.91 Å². The maximum absolute atomic E-state index is 13.7. The number of hydrogen-bond acceptors (Lipinski definition) is 9. The molecule has 39 heavy (non-hydrogen) atoms. The van der Waals surface area contributed by atoms with Gasteiger partial charge >= 0.3 is 0 Å². The third-order valence-electron chi connectivity index (χ3n) is 7.71. The van der Waals surface area contributed by atoms with E-state index in [1.54, 1.807) is 22.9 Å². The molecule has 3 N–H and O–H groups in total. The Morgan fingerprint density at radius 2 is 1.85 bits per heavy atom. The fourth-order valence-corrected chi connectivity index (χ4v) is 5.64. The molecule has 2 aromatic carbocycles. The summed E-state index contributed by atoms with van der Waals surface area (Å²) in [7, 11) is 1.60. The van der Waals surface area contributed by atoms with Crippen LogP contribution in [0.1, 0.15) is 41.5 Å². The summed E-state index contributed by atoms with van der Waals surface area (Å²) in [6.07, 6.45) is 1.25. The Labute approximate surface area is 224 Å². The van der Waals surface area contributed by atoms with Gasteiger partial charge in [0.1, 0.15) is 41.4 Å². The van der Waals surface area contributed by atoms with E-state index in [4.69, 9.17) is 19.5 Å². The van der Waals surface area contributed by atoms with Crippen molar-refractivity contribution in [2.45, 2.75) is 49.8 Å². The third kappa shape index (κ3) is 4.14. The van der Waals surface area contributed by atoms with Gasteiger partial charge < -0.3 is 24.8 Å². The Kier molecular flexibility index (Phi) is 6.51. The molecule has 1 unspecified atom stereocenters. The fraction of sp³-hybridized carbons (Fsp3) is 0.357. The molecule has 1 aromatic heterocycles. The first-order valence-electron chi connectivity index (χ1n) is 12.7. The van der Waals surface area contributed by atoms with E-state index in [1.165, 1.54) is 6.34 Å². The zero-order valence-electron chi connectivity index (χ0n) is 21.3. The van der Waals surface area contributed by atoms with Gasteiger partial charge in [0.05, 0.1) is 39.3 Å². The summed E-state index contributed by atoms with van der Waals surface area (Å²) >= 11 is 0. The Balaban J connectivity index is 1.46. The number of benzene rings is 2. The van der Waals surface area contributed by atoms with Crippen molar-refractivity contribution in [3.8, 4) is 5.75 Å². The van der Waals surface area contributed by atoms with Crippen LogP contribution in [0.5, 0.6) is 5.75 Å². The fourth-order valence-electron chi connectivity index (χ4n) is 5.64. The van der Waals surface area contributed by atoms with E-state index in [9.17, 15) is 20.1 Å². The molecule has 6 rings (SSSR count). The van der Waals surface area contributed by atoms with Crippen LogP contribution < -0.4 is 4.74 Å². The van der Waals surface area contributed by atoms with Gasteiger partial charge in [-0.05, 0) is 28.8 Å². The van der Waals surface area contributed by atoms with Gasteiger partial charge in [0, 0.05) is 12.8 Å². The molecule has 2 saturated heterocycles. The highest BCUT2D eigenvalue weighted by molar-refractivity contribution is 6.16. The second-order valence-corrected chi connectivity index (χ2v) is 9.90. The number of methoxy groups -OCH3 is 1. The van der Waals surface area contributed by atoms with E-state index >= 15 is 0 Å². The smallest absolute Gasteiger partial charge is 0.230 e. The Morgan fingerprint density at radius 1 is 1.10 bits per heavy atom. The number of nitrogens with zero attached hydrogens (tertiary/aromatic N) is 5. The highest BCUT2D eigenvalue weighted by atomic mass is 16.5. The number of imidazole rings is 1. The molecule has 0 radical (unpaired) electrons. The topological polar surface area (TPSA) is 142 Å². The maximum Gasteiger partial charge on any atom is 0.230 e. The minimum atomic E-state index is -1.04. The average Bonchev–Trinajstić information content (AvgIpc) is 3.60. The zero-order valence-corrected chi connectivity index (χ0v) is 21.3. The molecule has 3 aliphatic rings. The summed E-state index contributed by atoms with van der Waals surface area (Å²) in [5.41, 5.74) is 1.95. The minimum Gasteiger partial charge on any atom is -0.497 e. The molecule has 11 heteroatoms. The summed E-state index contributed by atoms with van der Waals surface area (Å²) in [6, 6.07) is 14.9. The van der Waals surface area contributed by atoms with Crippen molar-refractivity contribution < 1.29 is 29.6 Å². The van der Waals surface area contributed by atoms with Crippen LogP contribution in [0.25, 0.3) is 0 Å². The first-order chi connectivity index (χ1) is 19.0. The molecule has 3 aliphatic heterocycles. The monoisotopic (exact) mass is 531 g/mol. The Bertz CT molecular complexity index is 1430. The first-order valence-corrected chi connectivity index (χ1v) is 12.7. The highest BCUT2D eigenvalue weighted by Gasteiger charge is 2.55. The van der Waals surface area contributed by atoms with Crippen molar-refractivity contribution in [2.75, 3.05) is 13.7 Å². The number of rotatable bonds is 7. The molecule has 0 aliphatic carbocycles. The number of aromatic nitrogens is 2. The van der Waals surface area contributed by atoms with Gasteiger partial charge in [-0.25, -0.2) is 15.0 Å². The third-order valence-corrected chi connectivity index (χ3v) is 7.71. The van der Waals surface area contributed by atoms with E-state index in [0.29, 0.717) is 23.9 Å². The van der Waals surface area contributed by atoms with Crippen LogP contribution in [-0.4, -0.2) is 73.8 Å². The second-order valence-electron chi connectivity index (χ2n) is 9.90. The van der Waals surface area contributed by atoms with Gasteiger partial charge in [0.25, 0.3) is 0 Å². The number of hydrogen-bond donors (Lipinski definition) is 3. The lowest BCUT2D eigenvalue weighted by molar-refractivity contribution is -0.126. The Morgan fingerprint density at radius 3 is 2.51 bits per heavy atom. The molecular weight excluding hydrogens is 502 g/mol. The minimum absolute atomic E-state index is 0.0846. The van der Waals surface area contributed by atoms with Crippen LogP contribution in [0.15, 0.2) is 64.8 Å². The predicted molar refractivity (Wildman–Crippen MR) is 141 cm³/mol. The quantitative estimate of drug-likeness (QED) is 0.422. The van der Waals surface area contributed by atoms with Crippen molar-refractivity contribution in [3.05, 3.63) is 77.2 Å². The summed E-state index contributed by atoms with van der Waals surface area (Å²) in [5, 5.41) is 29.5. The number of likely N-dealkylation sites (tertiary alicyclic amines) is 1. The number of ether oxygens (including phenoxy) is 2. The molecule has 11 nitrogen and oxygen atoms in total. The average molecular weight is 532 g/mol. The van der Waals surface area contributed by atoms with Crippen LogP contribution in [-0.2, 0) is 28.1 Å². The number of aliphatic hydroxyl groups is 3. The molecule has 0 spiro atoms. The van der Waals surface area contributed by atoms with E-state index in [1.807, 2.05) is 48.5 Å². The van der Waals surface area contributed by atoms with Crippen molar-refractivity contribution in [2.24, 2.45) is 9.98 Å². The first kappa shape index (κ1) is 25.4. The van der Waals surface area contributed by atoms with Gasteiger partial charge in [-0.2, -0.15) is 0 Å². The van der Waals surface area contributed by atoms with Crippen molar-refractivity contribution in [3.63, 3.8) is 0 Å². The van der Waals surface area contributed by atoms with Gasteiger partial charge in [-0.3, -0.25) is 14.3 Å². The molecule has 3 aromatic rings. The number of amidine groups is 1. The summed E-state index contributed by atoms with van der Waals surface area (Å²) in [6.45, 7) is -0.105. The summed E-state index contributed by atoms with van der Waals surface area (Å²) in [4.78, 5) is 29.5. The number of aliphatic hydroxyl groups excluding tert-OH is 3. The van der Waals surface area contributed by atoms with Gasteiger partial charge in [-0.1, -0.05) is 36.4 Å². The molecule has 202 valence electrons. The maximum atomic E-state index is 13.7. The Hall–Kier alpha value is -3.90. The molecule has 1 amide bonds. The normalized spacial score (nSPS) is 25.8. The van der Waals surface area contributed by atoms with Crippen LogP contribution in [0, 0.1) is 0 Å². The lowest BCUT2D eigenvalue weighted by atomic mass is 9.75. The van der Waals surface area contributed by atoms with E-state index < -0.39 is 23.9 Å². The number of carbonyl (C=O) groups excluding carboxylic acids is 1. The van der Waals surface area contributed by atoms with E-state index in [2.05, 4.69) is 4.99 Å². The van der Waals surface area contributed by atoms with Crippen molar-refractivity contribution in [1.82, 2.24) is 14.5 Å². The second kappa shape index (κ2) is 10.0. The molecule has 0 bridgehead atoms. The van der Waals surface area contributed by atoms with Crippen LogP contribution >= 0.6 is 0 Å². The molecule has 2 fully saturated rings. The van der Waals surface area contributed by atoms with E-state index in [0.717, 1.165) is 22.4 Å². The SMILES string of the molecule is COc1ccc(CN2C(=O)CC3(c4ccc(CO)cc4)C2=NC=Nc2c3ncn2[C@H]2C[C@@H](O)[C@@H](CO)O2)cc1. The lowest BCUT2D eigenvalue weighted by Crippen LogP contribution is -2.39. The standard InChI is InChI=1S/C28H29N5O6/c1-38-20-8-4-17(5-9-20)12-32-23(37)11-28(19-6-2-18(13-34)3-7-19)25-26(29-15-30-27(28)32)33(16-31-25)24-10-21(36)22(14-35)39-24/h2-9,15-16,21-22,24,34-36H,10-14H2,1H3/t21-,22-,24-,28?/m1/s1. The van der Waals surface area contributed by atoms with Crippen molar-refractivity contribution in [1.29, 1.82) is 0 Å². The number of carbonyl (C=O) groups is 1. The molecular formula is C28H29N5O6.